The van der Waals surface area contributed by atoms with Gasteiger partial charge in [0.25, 0.3) is 0 Å². The van der Waals surface area contributed by atoms with Gasteiger partial charge in [0.15, 0.2) is 0 Å². The lowest BCUT2D eigenvalue weighted by Gasteiger charge is -2.15. The molecule has 88 valence electrons. The summed E-state index contributed by atoms with van der Waals surface area (Å²) in [4.78, 5) is 0. The van der Waals surface area contributed by atoms with Crippen molar-refractivity contribution < 1.29 is 14.9 Å². The molecule has 0 amide bonds. The van der Waals surface area contributed by atoms with E-state index in [4.69, 9.17) is 4.74 Å². The van der Waals surface area contributed by atoms with Gasteiger partial charge in [0, 0.05) is 12.1 Å². The highest BCUT2D eigenvalue weighted by Crippen LogP contribution is 2.27. The van der Waals surface area contributed by atoms with E-state index in [-0.39, 0.29) is 11.8 Å². The molecule has 0 spiro atoms. The fourth-order valence-electron chi connectivity index (χ4n) is 1.68. The van der Waals surface area contributed by atoms with E-state index in [1.54, 1.807) is 6.07 Å². The van der Waals surface area contributed by atoms with Crippen molar-refractivity contribution in [3.8, 4) is 5.75 Å². The van der Waals surface area contributed by atoms with Crippen molar-refractivity contribution in [2.45, 2.75) is 18.7 Å². The molecular formula is C11H14BrNO3. The Morgan fingerprint density at radius 3 is 2.94 bits per heavy atom. The highest BCUT2D eigenvalue weighted by Gasteiger charge is 2.25. The van der Waals surface area contributed by atoms with Crippen LogP contribution in [0.5, 0.6) is 5.75 Å². The first kappa shape index (κ1) is 11.9. The number of ether oxygens (including phenoxy) is 1. The third-order valence-electron chi connectivity index (χ3n) is 2.68. The number of halogens is 1. The maximum Gasteiger partial charge on any atom is 0.134 e. The minimum absolute atomic E-state index is 0.0571. The second kappa shape index (κ2) is 5.14. The van der Waals surface area contributed by atoms with E-state index >= 15 is 0 Å². The monoisotopic (exact) mass is 287 g/mol. The van der Waals surface area contributed by atoms with Crippen LogP contribution in [-0.2, 0) is 11.3 Å². The van der Waals surface area contributed by atoms with E-state index in [9.17, 15) is 10.2 Å². The minimum Gasteiger partial charge on any atom is -0.506 e. The van der Waals surface area contributed by atoms with E-state index in [0.29, 0.717) is 24.2 Å². The number of aromatic hydroxyl groups is 1. The van der Waals surface area contributed by atoms with Crippen molar-refractivity contribution in [1.82, 2.24) is 5.32 Å². The fourth-order valence-corrected chi connectivity index (χ4v) is 2.09. The van der Waals surface area contributed by atoms with Gasteiger partial charge in [0.05, 0.1) is 29.8 Å². The molecule has 3 N–H and O–H groups in total. The maximum atomic E-state index is 9.76. The van der Waals surface area contributed by atoms with Gasteiger partial charge in [-0.05, 0) is 22.0 Å². The van der Waals surface area contributed by atoms with Gasteiger partial charge in [0.2, 0.25) is 0 Å². The van der Waals surface area contributed by atoms with Gasteiger partial charge >= 0.3 is 0 Å². The van der Waals surface area contributed by atoms with Crippen LogP contribution in [0.25, 0.3) is 0 Å². The van der Waals surface area contributed by atoms with Crippen LogP contribution in [0.4, 0.5) is 0 Å². The van der Waals surface area contributed by atoms with E-state index in [2.05, 4.69) is 21.2 Å². The summed E-state index contributed by atoms with van der Waals surface area (Å²) >= 11 is 3.26. The van der Waals surface area contributed by atoms with Crippen molar-refractivity contribution >= 4 is 15.9 Å². The van der Waals surface area contributed by atoms with Crippen LogP contribution in [0.1, 0.15) is 5.56 Å². The molecule has 5 heteroatoms. The number of aliphatic hydroxyl groups excluding tert-OH is 1. The Morgan fingerprint density at radius 1 is 1.44 bits per heavy atom. The summed E-state index contributed by atoms with van der Waals surface area (Å²) in [5.74, 6) is 0.239. The van der Waals surface area contributed by atoms with Crippen LogP contribution in [0.2, 0.25) is 0 Å². The van der Waals surface area contributed by atoms with Gasteiger partial charge in [0.1, 0.15) is 5.75 Å². The van der Waals surface area contributed by atoms with Gasteiger partial charge in [-0.15, -0.1) is 0 Å². The molecule has 1 aliphatic heterocycles. The summed E-state index contributed by atoms with van der Waals surface area (Å²) in [7, 11) is 0. The Balaban J connectivity index is 1.96. The molecule has 1 fully saturated rings. The molecule has 2 unspecified atom stereocenters. The van der Waals surface area contributed by atoms with E-state index < -0.39 is 6.10 Å². The summed E-state index contributed by atoms with van der Waals surface area (Å²) in [6.45, 7) is 1.40. The average molecular weight is 288 g/mol. The number of hydrogen-bond acceptors (Lipinski definition) is 4. The second-order valence-electron chi connectivity index (χ2n) is 3.84. The predicted octanol–water partition coefficient (Wildman–Crippen LogP) is 1.00. The third-order valence-corrected chi connectivity index (χ3v) is 3.32. The van der Waals surface area contributed by atoms with Crippen LogP contribution in [0.3, 0.4) is 0 Å². The molecule has 0 bridgehead atoms. The first-order chi connectivity index (χ1) is 7.68. The molecule has 2 rings (SSSR count). The summed E-state index contributed by atoms with van der Waals surface area (Å²) in [6, 6.07) is 5.43. The zero-order chi connectivity index (χ0) is 11.5. The molecule has 16 heavy (non-hydrogen) atoms. The normalized spacial score (nSPS) is 24.9. The summed E-state index contributed by atoms with van der Waals surface area (Å²) in [5, 5.41) is 22.4. The quantitative estimate of drug-likeness (QED) is 0.776. The molecule has 1 saturated heterocycles. The van der Waals surface area contributed by atoms with Gasteiger partial charge < -0.3 is 20.3 Å². The Hall–Kier alpha value is -0.620. The summed E-state index contributed by atoms with van der Waals surface area (Å²) < 4.78 is 5.80. The molecule has 4 nitrogen and oxygen atoms in total. The Bertz CT molecular complexity index is 372. The molecule has 1 aliphatic rings. The van der Waals surface area contributed by atoms with E-state index in [1.165, 1.54) is 0 Å². The van der Waals surface area contributed by atoms with Crippen molar-refractivity contribution in [2.75, 3.05) is 13.2 Å². The third kappa shape index (κ3) is 2.55. The first-order valence-electron chi connectivity index (χ1n) is 5.14. The SMILES string of the molecule is Oc1c(Br)cccc1CNC1COCC1O. The molecule has 0 saturated carbocycles. The minimum atomic E-state index is -0.464. The Labute approximate surface area is 102 Å². The predicted molar refractivity (Wildman–Crippen MR) is 63.3 cm³/mol. The first-order valence-corrected chi connectivity index (χ1v) is 5.93. The fraction of sp³-hybridized carbons (Fsp3) is 0.455. The molecule has 1 aromatic carbocycles. The number of benzene rings is 1. The number of nitrogens with one attached hydrogen (secondary N) is 1. The van der Waals surface area contributed by atoms with Crippen LogP contribution < -0.4 is 5.32 Å². The van der Waals surface area contributed by atoms with Gasteiger partial charge in [-0.3, -0.25) is 0 Å². The van der Waals surface area contributed by atoms with Crippen LogP contribution in [0, 0.1) is 0 Å². The highest BCUT2D eigenvalue weighted by atomic mass is 79.9. The molecular weight excluding hydrogens is 274 g/mol. The standard InChI is InChI=1S/C11H14BrNO3/c12-8-3-1-2-7(11(8)15)4-13-9-5-16-6-10(9)14/h1-3,9-10,13-15H,4-6H2. The highest BCUT2D eigenvalue weighted by molar-refractivity contribution is 9.10. The Kier molecular flexibility index (Phi) is 3.81. The second-order valence-corrected chi connectivity index (χ2v) is 4.69. The molecule has 0 radical (unpaired) electrons. The average Bonchev–Trinajstić information content (AvgIpc) is 2.67. The van der Waals surface area contributed by atoms with Crippen LogP contribution >= 0.6 is 15.9 Å². The molecule has 0 aromatic heterocycles. The van der Waals surface area contributed by atoms with Gasteiger partial charge in [-0.25, -0.2) is 0 Å². The van der Waals surface area contributed by atoms with Crippen molar-refractivity contribution in [3.63, 3.8) is 0 Å². The lowest BCUT2D eigenvalue weighted by Crippen LogP contribution is -2.38. The molecule has 1 heterocycles. The van der Waals surface area contributed by atoms with Gasteiger partial charge in [-0.1, -0.05) is 12.1 Å². The summed E-state index contributed by atoms with van der Waals surface area (Å²) in [5.41, 5.74) is 0.800. The van der Waals surface area contributed by atoms with Crippen molar-refractivity contribution in [3.05, 3.63) is 28.2 Å². The maximum absolute atomic E-state index is 9.76. The number of hydrogen-bond donors (Lipinski definition) is 3. The smallest absolute Gasteiger partial charge is 0.134 e. The molecule has 1 aromatic rings. The lowest BCUT2D eigenvalue weighted by molar-refractivity contribution is 0.122. The number of phenolic OH excluding ortho intramolecular Hbond substituents is 1. The van der Waals surface area contributed by atoms with Crippen LogP contribution in [-0.4, -0.2) is 35.6 Å². The zero-order valence-corrected chi connectivity index (χ0v) is 10.3. The number of phenols is 1. The van der Waals surface area contributed by atoms with E-state index in [0.717, 1.165) is 5.56 Å². The largest absolute Gasteiger partial charge is 0.506 e. The Morgan fingerprint density at radius 2 is 2.25 bits per heavy atom. The number of aliphatic hydroxyl groups is 1. The molecule has 0 aliphatic carbocycles. The zero-order valence-electron chi connectivity index (χ0n) is 8.69. The van der Waals surface area contributed by atoms with Crippen molar-refractivity contribution in [2.24, 2.45) is 0 Å². The topological polar surface area (TPSA) is 61.7 Å². The van der Waals surface area contributed by atoms with Gasteiger partial charge in [-0.2, -0.15) is 0 Å². The molecule has 2 atom stereocenters. The van der Waals surface area contributed by atoms with Crippen LogP contribution in [0.15, 0.2) is 22.7 Å². The lowest BCUT2D eigenvalue weighted by atomic mass is 10.1. The van der Waals surface area contributed by atoms with Crippen molar-refractivity contribution in [1.29, 1.82) is 0 Å². The number of rotatable bonds is 3. The van der Waals surface area contributed by atoms with E-state index in [1.807, 2.05) is 12.1 Å². The summed E-state index contributed by atoms with van der Waals surface area (Å²) in [6.07, 6.45) is -0.464. The number of para-hydroxylation sites is 1.